The molecule has 6 N–H and O–H groups in total. The number of primary amides is 1. The number of hydrogen-bond donors (Lipinski definition) is 5. The zero-order valence-electron chi connectivity index (χ0n) is 26.7. The molecular weight excluding hydrogens is 564 g/mol. The maximum absolute atomic E-state index is 13.2. The van der Waals surface area contributed by atoms with E-state index in [9.17, 15) is 28.8 Å². The molecule has 1 aromatic carbocycles. The molecule has 7 amide bonds. The third kappa shape index (κ3) is 14.3. The summed E-state index contributed by atoms with van der Waals surface area (Å²) >= 11 is 0. The number of rotatable bonds is 17. The van der Waals surface area contributed by atoms with Gasteiger partial charge in [0.15, 0.2) is 0 Å². The fraction of sp³-hybridized carbons (Fsp3) is 0.562. The number of urea groups is 1. The number of benzene rings is 1. The Morgan fingerprint density at radius 3 is 2.00 bits per heavy atom. The highest BCUT2D eigenvalue weighted by atomic mass is 16.2. The number of carbonyl (C=O) groups is 6. The predicted octanol–water partition coefficient (Wildman–Crippen LogP) is 3.16. The van der Waals surface area contributed by atoms with Gasteiger partial charge in [-0.2, -0.15) is 0 Å². The summed E-state index contributed by atoms with van der Waals surface area (Å²) in [5, 5.41) is 10.8. The van der Waals surface area contributed by atoms with Gasteiger partial charge in [-0.05, 0) is 55.7 Å². The molecule has 0 radical (unpaired) electrons. The largest absolute Gasteiger partial charge is 0.352 e. The van der Waals surface area contributed by atoms with E-state index in [4.69, 9.17) is 5.73 Å². The molecule has 0 saturated carbocycles. The van der Waals surface area contributed by atoms with Crippen molar-refractivity contribution < 1.29 is 28.8 Å². The number of hydrogen-bond acceptors (Lipinski definition) is 6. The molecule has 12 nitrogen and oxygen atoms in total. The number of anilines is 1. The quantitative estimate of drug-likeness (QED) is 0.133. The van der Waals surface area contributed by atoms with Crippen LogP contribution in [0.25, 0.3) is 0 Å². The van der Waals surface area contributed by atoms with Crippen molar-refractivity contribution in [1.82, 2.24) is 20.9 Å². The number of nitrogens with two attached hydrogens (primary N) is 1. The minimum absolute atomic E-state index is 0.174. The van der Waals surface area contributed by atoms with Crippen molar-refractivity contribution >= 4 is 41.3 Å². The Hall–Kier alpha value is -4.22. The normalized spacial score (nSPS) is 13.5. The lowest BCUT2D eigenvalue weighted by Crippen LogP contribution is -2.54. The van der Waals surface area contributed by atoms with Crippen molar-refractivity contribution in [3.05, 3.63) is 42.0 Å². The van der Waals surface area contributed by atoms with Crippen LogP contribution in [0.2, 0.25) is 0 Å². The molecule has 244 valence electrons. The summed E-state index contributed by atoms with van der Waals surface area (Å²) in [5.41, 5.74) is 6.82. The summed E-state index contributed by atoms with van der Waals surface area (Å²) in [6.07, 6.45) is 7.11. The van der Waals surface area contributed by atoms with Gasteiger partial charge in [-0.15, -0.1) is 0 Å². The van der Waals surface area contributed by atoms with E-state index >= 15 is 0 Å². The minimum atomic E-state index is -0.910. The molecule has 1 unspecified atom stereocenters. The van der Waals surface area contributed by atoms with Crippen molar-refractivity contribution in [3.63, 3.8) is 0 Å². The smallest absolute Gasteiger partial charge is 0.312 e. The summed E-state index contributed by atoms with van der Waals surface area (Å²) in [7, 11) is 0. The van der Waals surface area contributed by atoms with Gasteiger partial charge in [-0.25, -0.2) is 4.79 Å². The summed E-state index contributed by atoms with van der Waals surface area (Å²) in [4.78, 5) is 74.3. The van der Waals surface area contributed by atoms with Gasteiger partial charge in [0.1, 0.15) is 12.1 Å². The van der Waals surface area contributed by atoms with E-state index in [2.05, 4.69) is 35.1 Å². The Bertz CT molecular complexity index is 1120. The van der Waals surface area contributed by atoms with Gasteiger partial charge in [0.2, 0.25) is 17.7 Å². The molecule has 1 heterocycles. The van der Waals surface area contributed by atoms with E-state index in [-0.39, 0.29) is 43.0 Å². The van der Waals surface area contributed by atoms with Crippen LogP contribution in [0.15, 0.2) is 36.4 Å². The number of amides is 7. The number of imide groups is 1. The molecule has 1 aliphatic heterocycles. The monoisotopic (exact) mass is 614 g/mol. The second kappa shape index (κ2) is 20.6. The predicted molar refractivity (Wildman–Crippen MR) is 170 cm³/mol. The van der Waals surface area contributed by atoms with Gasteiger partial charge < -0.3 is 27.0 Å². The number of aryl methyl sites for hydroxylation is 1. The average molecular weight is 615 g/mol. The maximum Gasteiger partial charge on any atom is 0.312 e. The number of carbonyl (C=O) groups excluding carboxylic acids is 6. The van der Waals surface area contributed by atoms with Gasteiger partial charge in [-0.3, -0.25) is 28.9 Å². The van der Waals surface area contributed by atoms with Gasteiger partial charge in [0.25, 0.3) is 11.8 Å². The van der Waals surface area contributed by atoms with Crippen LogP contribution in [0.5, 0.6) is 0 Å². The first-order valence-corrected chi connectivity index (χ1v) is 15.5. The SMILES string of the molecule is CCC.CCc1ccc(NC(=O)[C@H](CCCNC(N)=O)NC(=O)C(NC(=O)CCCCCN2C(=O)C=CC2=O)C(C)C)cc1. The average Bonchev–Trinajstić information content (AvgIpc) is 3.29. The van der Waals surface area contributed by atoms with Crippen molar-refractivity contribution in [2.24, 2.45) is 11.7 Å². The third-order valence-electron chi connectivity index (χ3n) is 6.68. The van der Waals surface area contributed by atoms with Crippen molar-refractivity contribution in [2.45, 2.75) is 98.1 Å². The lowest BCUT2D eigenvalue weighted by Gasteiger charge is -2.25. The topological polar surface area (TPSA) is 180 Å². The van der Waals surface area contributed by atoms with Crippen molar-refractivity contribution in [1.29, 1.82) is 0 Å². The Morgan fingerprint density at radius 2 is 1.45 bits per heavy atom. The molecule has 2 rings (SSSR count). The summed E-state index contributed by atoms with van der Waals surface area (Å²) < 4.78 is 0. The molecule has 0 fully saturated rings. The number of nitrogens with one attached hydrogen (secondary N) is 4. The minimum Gasteiger partial charge on any atom is -0.352 e. The molecule has 0 saturated heterocycles. The molecule has 1 aromatic rings. The molecule has 0 aromatic heterocycles. The van der Waals surface area contributed by atoms with Crippen LogP contribution in [-0.4, -0.2) is 65.6 Å². The van der Waals surface area contributed by atoms with E-state index in [1.807, 2.05) is 19.1 Å². The molecule has 12 heteroatoms. The van der Waals surface area contributed by atoms with Crippen LogP contribution in [0.3, 0.4) is 0 Å². The first kappa shape index (κ1) is 37.8. The Morgan fingerprint density at radius 1 is 0.841 bits per heavy atom. The molecule has 2 atom stereocenters. The van der Waals surface area contributed by atoms with E-state index in [1.54, 1.807) is 26.0 Å². The van der Waals surface area contributed by atoms with Crippen molar-refractivity contribution in [2.75, 3.05) is 18.4 Å². The second-order valence-corrected chi connectivity index (χ2v) is 11.0. The van der Waals surface area contributed by atoms with Gasteiger partial charge in [-0.1, -0.05) is 59.6 Å². The summed E-state index contributed by atoms with van der Waals surface area (Å²) in [6.45, 7) is 10.4. The van der Waals surface area contributed by atoms with E-state index in [0.29, 0.717) is 37.9 Å². The third-order valence-corrected chi connectivity index (χ3v) is 6.68. The number of unbranched alkanes of at least 4 members (excludes halogenated alkanes) is 2. The summed E-state index contributed by atoms with van der Waals surface area (Å²) in [6, 6.07) is 4.95. The maximum atomic E-state index is 13.2. The zero-order chi connectivity index (χ0) is 33.1. The molecule has 0 aliphatic carbocycles. The van der Waals surface area contributed by atoms with Gasteiger partial charge in [0, 0.05) is 37.3 Å². The zero-order valence-corrected chi connectivity index (χ0v) is 26.7. The Kier molecular flexibility index (Phi) is 17.7. The fourth-order valence-corrected chi connectivity index (χ4v) is 4.27. The molecule has 44 heavy (non-hydrogen) atoms. The standard InChI is InChI=1S/C29H42N6O6.C3H8/c1-4-20-11-13-21(14-12-20)32-27(39)22(9-8-17-31-29(30)41)33-28(40)26(19(2)3)34-23(36)10-6-5-7-18-35-24(37)15-16-25(35)38;1-3-2/h11-16,19,22,26H,4-10,17-18H2,1-3H3,(H,32,39)(H,33,40)(H,34,36)(H3,30,31,41);3H2,1-2H3/t22-,26?;/m0./s1. The van der Waals surface area contributed by atoms with Crippen LogP contribution < -0.4 is 27.0 Å². The highest BCUT2D eigenvalue weighted by Gasteiger charge is 2.29. The van der Waals surface area contributed by atoms with Crippen LogP contribution >= 0.6 is 0 Å². The molecular formula is C32H50N6O6. The molecule has 0 bridgehead atoms. The lowest BCUT2D eigenvalue weighted by atomic mass is 10.0. The van der Waals surface area contributed by atoms with Gasteiger partial charge in [0.05, 0.1) is 0 Å². The second-order valence-electron chi connectivity index (χ2n) is 11.0. The van der Waals surface area contributed by atoms with Gasteiger partial charge >= 0.3 is 6.03 Å². The molecule has 0 spiro atoms. The highest BCUT2D eigenvalue weighted by Crippen LogP contribution is 2.13. The van der Waals surface area contributed by atoms with E-state index < -0.39 is 29.9 Å². The number of nitrogens with zero attached hydrogens (tertiary/aromatic N) is 1. The van der Waals surface area contributed by atoms with Crippen LogP contribution in [-0.2, 0) is 30.4 Å². The van der Waals surface area contributed by atoms with Crippen LogP contribution in [0.1, 0.15) is 85.1 Å². The highest BCUT2D eigenvalue weighted by molar-refractivity contribution is 6.12. The van der Waals surface area contributed by atoms with E-state index in [0.717, 1.165) is 16.9 Å². The Balaban J connectivity index is 0.00000309. The first-order valence-electron chi connectivity index (χ1n) is 15.5. The van der Waals surface area contributed by atoms with E-state index in [1.165, 1.54) is 18.6 Å². The van der Waals surface area contributed by atoms with Crippen molar-refractivity contribution in [3.8, 4) is 0 Å². The fourth-order valence-electron chi connectivity index (χ4n) is 4.27. The van der Waals surface area contributed by atoms with Crippen LogP contribution in [0.4, 0.5) is 10.5 Å². The summed E-state index contributed by atoms with van der Waals surface area (Å²) in [5.74, 6) is -2.12. The first-order chi connectivity index (χ1) is 20.9. The van der Waals surface area contributed by atoms with Crippen LogP contribution in [0, 0.1) is 5.92 Å². The lowest BCUT2D eigenvalue weighted by molar-refractivity contribution is -0.137. The molecule has 1 aliphatic rings. The Labute approximate surface area is 260 Å².